The summed E-state index contributed by atoms with van der Waals surface area (Å²) in [4.78, 5) is 20.3. The van der Waals surface area contributed by atoms with Crippen molar-refractivity contribution in [3.63, 3.8) is 0 Å². The summed E-state index contributed by atoms with van der Waals surface area (Å²) in [5.74, 6) is -0.190. The molecule has 1 aliphatic heterocycles. The molecule has 0 saturated carbocycles. The SMILES string of the molecule is O=C1NCCn2nc(-c3ccnc(-c4c(Cl)cc(C(F)(F)F)cc4Cl)n3)cc21. The zero-order chi connectivity index (χ0) is 20.1. The fraction of sp³-hybridized carbons (Fsp3) is 0.176. The molecule has 1 N–H and O–H groups in total. The Bertz CT molecular complexity index is 1070. The predicted molar refractivity (Wildman–Crippen MR) is 96.0 cm³/mol. The fourth-order valence-electron chi connectivity index (χ4n) is 2.83. The van der Waals surface area contributed by atoms with Gasteiger partial charge in [0.05, 0.1) is 33.4 Å². The Morgan fingerprint density at radius 1 is 1.11 bits per heavy atom. The molecule has 0 bridgehead atoms. The monoisotopic (exact) mass is 427 g/mol. The normalized spacial score (nSPS) is 14.0. The molecule has 11 heteroatoms. The van der Waals surface area contributed by atoms with Gasteiger partial charge in [0, 0.05) is 12.7 Å². The second-order valence-electron chi connectivity index (χ2n) is 5.97. The number of nitrogens with zero attached hydrogens (tertiary/aromatic N) is 4. The van der Waals surface area contributed by atoms with E-state index in [0.29, 0.717) is 30.2 Å². The molecule has 0 aliphatic carbocycles. The average molecular weight is 428 g/mol. The minimum atomic E-state index is -4.58. The van der Waals surface area contributed by atoms with Crippen LogP contribution < -0.4 is 5.32 Å². The van der Waals surface area contributed by atoms with Crippen molar-refractivity contribution in [2.75, 3.05) is 6.54 Å². The number of halogens is 5. The van der Waals surface area contributed by atoms with Crippen molar-refractivity contribution in [3.05, 3.63) is 51.8 Å². The van der Waals surface area contributed by atoms with Gasteiger partial charge in [0.25, 0.3) is 5.91 Å². The van der Waals surface area contributed by atoms with Gasteiger partial charge in [0.1, 0.15) is 11.4 Å². The highest BCUT2D eigenvalue weighted by Gasteiger charge is 2.32. The lowest BCUT2D eigenvalue weighted by atomic mass is 10.1. The molecule has 0 radical (unpaired) electrons. The van der Waals surface area contributed by atoms with Crippen LogP contribution in [-0.4, -0.2) is 32.2 Å². The molecule has 1 amide bonds. The lowest BCUT2D eigenvalue weighted by Gasteiger charge is -2.13. The van der Waals surface area contributed by atoms with E-state index in [2.05, 4.69) is 20.4 Å². The van der Waals surface area contributed by atoms with Gasteiger partial charge in [-0.25, -0.2) is 9.97 Å². The molecule has 28 heavy (non-hydrogen) atoms. The summed E-state index contributed by atoms with van der Waals surface area (Å²) in [5, 5.41) is 6.62. The molecule has 3 heterocycles. The van der Waals surface area contributed by atoms with E-state index in [9.17, 15) is 18.0 Å². The van der Waals surface area contributed by atoms with E-state index in [1.165, 1.54) is 6.20 Å². The highest BCUT2D eigenvalue weighted by Crippen LogP contribution is 2.39. The van der Waals surface area contributed by atoms with Crippen molar-refractivity contribution in [2.24, 2.45) is 0 Å². The Balaban J connectivity index is 1.77. The van der Waals surface area contributed by atoms with Crippen LogP contribution in [0.1, 0.15) is 16.1 Å². The van der Waals surface area contributed by atoms with Crippen LogP contribution in [0.3, 0.4) is 0 Å². The maximum Gasteiger partial charge on any atom is 0.416 e. The first-order valence-corrected chi connectivity index (χ1v) is 8.76. The molecule has 1 aliphatic rings. The van der Waals surface area contributed by atoms with Crippen molar-refractivity contribution in [1.29, 1.82) is 0 Å². The molecule has 0 atom stereocenters. The van der Waals surface area contributed by atoms with Gasteiger partial charge in [-0.2, -0.15) is 18.3 Å². The molecule has 4 rings (SSSR count). The largest absolute Gasteiger partial charge is 0.416 e. The van der Waals surface area contributed by atoms with Crippen molar-refractivity contribution in [1.82, 2.24) is 25.1 Å². The Labute approximate surface area is 166 Å². The maximum absolute atomic E-state index is 12.9. The van der Waals surface area contributed by atoms with Crippen LogP contribution in [0.25, 0.3) is 22.8 Å². The van der Waals surface area contributed by atoms with Crippen LogP contribution in [-0.2, 0) is 12.7 Å². The smallest absolute Gasteiger partial charge is 0.349 e. The quantitative estimate of drug-likeness (QED) is 0.668. The van der Waals surface area contributed by atoms with Gasteiger partial charge >= 0.3 is 6.18 Å². The number of amides is 1. The summed E-state index contributed by atoms with van der Waals surface area (Å²) >= 11 is 12.1. The average Bonchev–Trinajstić information content (AvgIpc) is 3.06. The Morgan fingerprint density at radius 2 is 1.82 bits per heavy atom. The summed E-state index contributed by atoms with van der Waals surface area (Å²) < 4.78 is 40.3. The third-order valence-electron chi connectivity index (χ3n) is 4.13. The number of carbonyl (C=O) groups is 1. The number of rotatable bonds is 2. The van der Waals surface area contributed by atoms with E-state index in [-0.39, 0.29) is 27.3 Å². The number of hydrogen-bond acceptors (Lipinski definition) is 4. The number of fused-ring (bicyclic) bond motifs is 1. The number of nitrogens with one attached hydrogen (secondary N) is 1. The Hall–Kier alpha value is -2.65. The Morgan fingerprint density at radius 3 is 2.46 bits per heavy atom. The number of aromatic nitrogens is 4. The van der Waals surface area contributed by atoms with E-state index in [0.717, 1.165) is 12.1 Å². The minimum absolute atomic E-state index is 0.0525. The lowest BCUT2D eigenvalue weighted by molar-refractivity contribution is -0.137. The predicted octanol–water partition coefficient (Wildman–Crippen LogP) is 4.08. The third kappa shape index (κ3) is 3.31. The van der Waals surface area contributed by atoms with Gasteiger partial charge in [-0.15, -0.1) is 0 Å². The summed E-state index contributed by atoms with van der Waals surface area (Å²) in [7, 11) is 0. The van der Waals surface area contributed by atoms with Crippen LogP contribution in [0.4, 0.5) is 13.2 Å². The van der Waals surface area contributed by atoms with Gasteiger partial charge in [-0.05, 0) is 24.3 Å². The van der Waals surface area contributed by atoms with E-state index in [1.807, 2.05) is 0 Å². The van der Waals surface area contributed by atoms with Gasteiger partial charge in [0.15, 0.2) is 5.82 Å². The molecule has 0 spiro atoms. The summed E-state index contributed by atoms with van der Waals surface area (Å²) in [6, 6.07) is 4.70. The Kier molecular flexibility index (Phi) is 4.51. The topological polar surface area (TPSA) is 72.7 Å². The molecule has 1 aromatic carbocycles. The van der Waals surface area contributed by atoms with Crippen molar-refractivity contribution in [2.45, 2.75) is 12.7 Å². The zero-order valence-electron chi connectivity index (χ0n) is 13.9. The summed E-state index contributed by atoms with van der Waals surface area (Å²) in [5.41, 5.74) is 0.323. The van der Waals surface area contributed by atoms with E-state index in [4.69, 9.17) is 23.2 Å². The molecule has 144 valence electrons. The molecule has 6 nitrogen and oxygen atoms in total. The third-order valence-corrected chi connectivity index (χ3v) is 4.73. The van der Waals surface area contributed by atoms with E-state index >= 15 is 0 Å². The first-order valence-electron chi connectivity index (χ1n) is 8.00. The highest BCUT2D eigenvalue weighted by atomic mass is 35.5. The van der Waals surface area contributed by atoms with Crippen molar-refractivity contribution < 1.29 is 18.0 Å². The molecule has 0 unspecified atom stereocenters. The molecule has 3 aromatic rings. The highest BCUT2D eigenvalue weighted by molar-refractivity contribution is 6.39. The molecule has 0 fully saturated rings. The molecule has 2 aromatic heterocycles. The second kappa shape index (κ2) is 6.75. The number of alkyl halides is 3. The number of benzene rings is 1. The van der Waals surface area contributed by atoms with E-state index < -0.39 is 11.7 Å². The number of carbonyl (C=O) groups excluding carboxylic acids is 1. The minimum Gasteiger partial charge on any atom is -0.349 e. The van der Waals surface area contributed by atoms with Crippen LogP contribution in [0.5, 0.6) is 0 Å². The van der Waals surface area contributed by atoms with Gasteiger partial charge < -0.3 is 5.32 Å². The van der Waals surface area contributed by atoms with Crippen LogP contribution in [0, 0.1) is 0 Å². The van der Waals surface area contributed by atoms with Crippen molar-refractivity contribution >= 4 is 29.1 Å². The zero-order valence-corrected chi connectivity index (χ0v) is 15.4. The molecule has 0 saturated heterocycles. The first kappa shape index (κ1) is 18.7. The van der Waals surface area contributed by atoms with Gasteiger partial charge in [0.2, 0.25) is 0 Å². The van der Waals surface area contributed by atoms with Crippen LogP contribution >= 0.6 is 23.2 Å². The summed E-state index contributed by atoms with van der Waals surface area (Å²) in [6.45, 7) is 0.994. The second-order valence-corrected chi connectivity index (χ2v) is 6.79. The molecular weight excluding hydrogens is 418 g/mol. The summed E-state index contributed by atoms with van der Waals surface area (Å²) in [6.07, 6.45) is -3.16. The standard InChI is InChI=1S/C17H10Cl2F3N5O/c18-9-5-8(17(20,21)22)6-10(19)14(9)15-23-2-1-11(25-15)12-7-13-16(28)24-3-4-27(13)26-12/h1-2,5-7H,3-4H2,(H,24,28). The van der Waals surface area contributed by atoms with Crippen LogP contribution in [0.15, 0.2) is 30.5 Å². The number of hydrogen-bond donors (Lipinski definition) is 1. The lowest BCUT2D eigenvalue weighted by Crippen LogP contribution is -2.35. The first-order chi connectivity index (χ1) is 13.2. The molecular formula is C17H10Cl2F3N5O. The fourth-order valence-corrected chi connectivity index (χ4v) is 3.49. The van der Waals surface area contributed by atoms with Crippen molar-refractivity contribution in [3.8, 4) is 22.8 Å². The maximum atomic E-state index is 12.9. The van der Waals surface area contributed by atoms with E-state index in [1.54, 1.807) is 16.8 Å². The van der Waals surface area contributed by atoms with Gasteiger partial charge in [-0.1, -0.05) is 23.2 Å². The van der Waals surface area contributed by atoms with Crippen LogP contribution in [0.2, 0.25) is 10.0 Å². The van der Waals surface area contributed by atoms with Gasteiger partial charge in [-0.3, -0.25) is 9.48 Å².